The van der Waals surface area contributed by atoms with Crippen LogP contribution in [-0.4, -0.2) is 16.3 Å². The first-order chi connectivity index (χ1) is 7.86. The van der Waals surface area contributed by atoms with Crippen molar-refractivity contribution >= 4 is 0 Å². The van der Waals surface area contributed by atoms with Crippen molar-refractivity contribution in [2.24, 2.45) is 5.73 Å². The van der Waals surface area contributed by atoms with Crippen LogP contribution in [0.3, 0.4) is 0 Å². The number of hydrogen-bond donors (Lipinski definition) is 1. The van der Waals surface area contributed by atoms with Crippen LogP contribution >= 0.6 is 0 Å². The van der Waals surface area contributed by atoms with Gasteiger partial charge >= 0.3 is 0 Å². The normalized spacial score (nSPS) is 17.9. The van der Waals surface area contributed by atoms with Gasteiger partial charge in [-0.3, -0.25) is 4.68 Å². The Morgan fingerprint density at radius 1 is 1.38 bits per heavy atom. The third-order valence-corrected chi connectivity index (χ3v) is 3.67. The Labute approximate surface area is 98.0 Å². The molecule has 2 rings (SSSR count). The summed E-state index contributed by atoms with van der Waals surface area (Å²) in [4.78, 5) is 0. The zero-order valence-electron chi connectivity index (χ0n) is 10.3. The van der Waals surface area contributed by atoms with Crippen LogP contribution < -0.4 is 5.73 Å². The van der Waals surface area contributed by atoms with Crippen molar-refractivity contribution in [3.8, 4) is 0 Å². The second kappa shape index (κ2) is 5.48. The van der Waals surface area contributed by atoms with E-state index >= 15 is 0 Å². The van der Waals surface area contributed by atoms with E-state index < -0.39 is 0 Å². The molecule has 2 N–H and O–H groups in total. The topological polar surface area (TPSA) is 43.8 Å². The molecule has 0 radical (unpaired) electrons. The van der Waals surface area contributed by atoms with Gasteiger partial charge in [0.05, 0.1) is 6.20 Å². The molecule has 1 aromatic heterocycles. The summed E-state index contributed by atoms with van der Waals surface area (Å²) in [6.45, 7) is 3.89. The van der Waals surface area contributed by atoms with Crippen LogP contribution in [0.1, 0.15) is 56.2 Å². The molecule has 3 heteroatoms. The van der Waals surface area contributed by atoms with E-state index in [-0.39, 0.29) is 0 Å². The lowest BCUT2D eigenvalue weighted by molar-refractivity contribution is 0.415. The number of aromatic nitrogens is 2. The van der Waals surface area contributed by atoms with Crippen LogP contribution in [0, 0.1) is 0 Å². The predicted octanol–water partition coefficient (Wildman–Crippen LogP) is 2.45. The molecule has 90 valence electrons. The van der Waals surface area contributed by atoms with Gasteiger partial charge in [-0.25, -0.2) is 0 Å². The molecule has 1 aliphatic rings. The van der Waals surface area contributed by atoms with Crippen molar-refractivity contribution in [2.45, 2.75) is 57.9 Å². The smallest absolute Gasteiger partial charge is 0.0525 e. The van der Waals surface area contributed by atoms with E-state index in [1.54, 1.807) is 0 Å². The molecule has 0 amide bonds. The third kappa shape index (κ3) is 2.29. The predicted molar refractivity (Wildman–Crippen MR) is 66.5 cm³/mol. The highest BCUT2D eigenvalue weighted by Crippen LogP contribution is 2.34. The largest absolute Gasteiger partial charge is 0.330 e. The summed E-state index contributed by atoms with van der Waals surface area (Å²) < 4.78 is 2.18. The van der Waals surface area contributed by atoms with E-state index in [1.807, 2.05) is 6.20 Å². The van der Waals surface area contributed by atoms with Crippen molar-refractivity contribution < 1.29 is 0 Å². The molecule has 16 heavy (non-hydrogen) atoms. The molecule has 1 heterocycles. The first-order valence-electron chi connectivity index (χ1n) is 6.61. The molecule has 1 aliphatic carbocycles. The fourth-order valence-corrected chi connectivity index (χ4v) is 2.88. The summed E-state index contributed by atoms with van der Waals surface area (Å²) in [6, 6.07) is 0. The maximum atomic E-state index is 5.67. The van der Waals surface area contributed by atoms with Crippen LogP contribution in [0.4, 0.5) is 0 Å². The van der Waals surface area contributed by atoms with Crippen molar-refractivity contribution in [3.05, 3.63) is 17.5 Å². The van der Waals surface area contributed by atoms with Gasteiger partial charge < -0.3 is 5.73 Å². The van der Waals surface area contributed by atoms with Gasteiger partial charge in [0.2, 0.25) is 0 Å². The summed E-state index contributed by atoms with van der Waals surface area (Å²) in [5.74, 6) is 0.734. The highest BCUT2D eigenvalue weighted by atomic mass is 15.3. The molecule has 0 spiro atoms. The van der Waals surface area contributed by atoms with Crippen LogP contribution in [0.2, 0.25) is 0 Å². The minimum atomic E-state index is 0.731. The van der Waals surface area contributed by atoms with Crippen LogP contribution in [0.25, 0.3) is 0 Å². The molecule has 3 nitrogen and oxygen atoms in total. The van der Waals surface area contributed by atoms with Gasteiger partial charge in [0.25, 0.3) is 0 Å². The SMILES string of the molecule is CCn1ncc(CCN)c1C1CCCCC1. The van der Waals surface area contributed by atoms with E-state index in [1.165, 1.54) is 43.4 Å². The molecule has 1 saturated carbocycles. The second-order valence-corrected chi connectivity index (χ2v) is 4.74. The van der Waals surface area contributed by atoms with Crippen LogP contribution in [0.15, 0.2) is 6.20 Å². The fourth-order valence-electron chi connectivity index (χ4n) is 2.88. The van der Waals surface area contributed by atoms with E-state index in [0.29, 0.717) is 0 Å². The summed E-state index contributed by atoms with van der Waals surface area (Å²) in [5.41, 5.74) is 8.54. The Morgan fingerprint density at radius 2 is 2.12 bits per heavy atom. The maximum Gasteiger partial charge on any atom is 0.0525 e. The van der Waals surface area contributed by atoms with Crippen molar-refractivity contribution in [2.75, 3.05) is 6.54 Å². The highest BCUT2D eigenvalue weighted by molar-refractivity contribution is 5.23. The summed E-state index contributed by atoms with van der Waals surface area (Å²) in [5, 5.41) is 4.49. The van der Waals surface area contributed by atoms with Crippen LogP contribution in [0.5, 0.6) is 0 Å². The van der Waals surface area contributed by atoms with Crippen molar-refractivity contribution in [1.82, 2.24) is 9.78 Å². The lowest BCUT2D eigenvalue weighted by Gasteiger charge is -2.23. The second-order valence-electron chi connectivity index (χ2n) is 4.74. The van der Waals surface area contributed by atoms with Crippen molar-refractivity contribution in [3.63, 3.8) is 0 Å². The first-order valence-corrected chi connectivity index (χ1v) is 6.61. The van der Waals surface area contributed by atoms with Crippen LogP contribution in [-0.2, 0) is 13.0 Å². The minimum Gasteiger partial charge on any atom is -0.330 e. The molecule has 0 aliphatic heterocycles. The van der Waals surface area contributed by atoms with Crippen molar-refractivity contribution in [1.29, 1.82) is 0 Å². The lowest BCUT2D eigenvalue weighted by Crippen LogP contribution is -2.14. The molecule has 0 saturated heterocycles. The Morgan fingerprint density at radius 3 is 2.75 bits per heavy atom. The standard InChI is InChI=1S/C13H23N3/c1-2-16-13(11-6-4-3-5-7-11)12(8-9-14)10-15-16/h10-11H,2-9,14H2,1H3. The Balaban J connectivity index is 2.23. The Bertz CT molecular complexity index is 324. The Hall–Kier alpha value is -0.830. The van der Waals surface area contributed by atoms with Gasteiger partial charge in [-0.2, -0.15) is 5.10 Å². The average Bonchev–Trinajstić information content (AvgIpc) is 2.74. The van der Waals surface area contributed by atoms with Gasteiger partial charge in [0.1, 0.15) is 0 Å². The van der Waals surface area contributed by atoms with Gasteiger partial charge in [-0.15, -0.1) is 0 Å². The molecule has 0 bridgehead atoms. The summed E-state index contributed by atoms with van der Waals surface area (Å²) >= 11 is 0. The fraction of sp³-hybridized carbons (Fsp3) is 0.769. The number of rotatable bonds is 4. The van der Waals surface area contributed by atoms with E-state index in [0.717, 1.165) is 25.4 Å². The highest BCUT2D eigenvalue weighted by Gasteiger charge is 2.22. The molecular weight excluding hydrogens is 198 g/mol. The maximum absolute atomic E-state index is 5.67. The first kappa shape index (κ1) is 11.6. The number of aryl methyl sites for hydroxylation is 1. The molecule has 0 aromatic carbocycles. The van der Waals surface area contributed by atoms with E-state index in [4.69, 9.17) is 5.73 Å². The quantitative estimate of drug-likeness (QED) is 0.848. The summed E-state index contributed by atoms with van der Waals surface area (Å²) in [7, 11) is 0. The number of nitrogens with two attached hydrogens (primary N) is 1. The number of nitrogens with zero attached hydrogens (tertiary/aromatic N) is 2. The molecule has 1 aromatic rings. The lowest BCUT2D eigenvalue weighted by atomic mass is 9.85. The number of hydrogen-bond acceptors (Lipinski definition) is 2. The zero-order chi connectivity index (χ0) is 11.4. The molecule has 1 fully saturated rings. The molecular formula is C13H23N3. The van der Waals surface area contributed by atoms with E-state index in [9.17, 15) is 0 Å². The van der Waals surface area contributed by atoms with E-state index in [2.05, 4.69) is 16.7 Å². The summed E-state index contributed by atoms with van der Waals surface area (Å²) in [6.07, 6.45) is 9.84. The van der Waals surface area contributed by atoms with Gasteiger partial charge in [-0.1, -0.05) is 19.3 Å². The minimum absolute atomic E-state index is 0.731. The van der Waals surface area contributed by atoms with Gasteiger partial charge in [0.15, 0.2) is 0 Å². The molecule has 0 unspecified atom stereocenters. The third-order valence-electron chi connectivity index (χ3n) is 3.67. The zero-order valence-corrected chi connectivity index (χ0v) is 10.3. The average molecular weight is 221 g/mol. The van der Waals surface area contributed by atoms with Gasteiger partial charge in [-0.05, 0) is 38.3 Å². The monoisotopic (exact) mass is 221 g/mol. The molecule has 0 atom stereocenters. The Kier molecular flexibility index (Phi) is 3.99. The van der Waals surface area contributed by atoms with Gasteiger partial charge in [0, 0.05) is 18.2 Å².